The zero-order chi connectivity index (χ0) is 18.4. The molecule has 1 unspecified atom stereocenters. The van der Waals surface area contributed by atoms with Crippen molar-refractivity contribution in [3.63, 3.8) is 0 Å². The Bertz CT molecular complexity index is 745. The van der Waals surface area contributed by atoms with Gasteiger partial charge in [-0.25, -0.2) is 4.98 Å². The Kier molecular flexibility index (Phi) is 6.61. The highest BCUT2D eigenvalue weighted by Gasteiger charge is 2.22. The Balaban J connectivity index is 1.92. The average molecular weight is 338 g/mol. The van der Waals surface area contributed by atoms with Crippen molar-refractivity contribution in [3.8, 4) is 0 Å². The van der Waals surface area contributed by atoms with Crippen molar-refractivity contribution in [2.75, 3.05) is 6.54 Å². The summed E-state index contributed by atoms with van der Waals surface area (Å²) in [5.41, 5.74) is 8.84. The summed E-state index contributed by atoms with van der Waals surface area (Å²) in [7, 11) is -0.926. The van der Waals surface area contributed by atoms with Gasteiger partial charge in [0.2, 0.25) is 0 Å². The number of fused-ring (bicyclic) bond motifs is 1. The fraction of sp³-hybridized carbons (Fsp3) is 0.316. The van der Waals surface area contributed by atoms with Gasteiger partial charge >= 0.3 is 7.05 Å². The van der Waals surface area contributed by atoms with Gasteiger partial charge in [-0.15, -0.1) is 0 Å². The van der Waals surface area contributed by atoms with Crippen molar-refractivity contribution in [1.82, 2.24) is 15.6 Å². The summed E-state index contributed by atoms with van der Waals surface area (Å²) < 4.78 is 0. The molecule has 2 rings (SSSR count). The maximum Gasteiger partial charge on any atom is 0.397 e. The molecule has 1 heterocycles. The summed E-state index contributed by atoms with van der Waals surface area (Å²) in [5, 5.41) is 17.2. The molecule has 132 valence electrons. The van der Waals surface area contributed by atoms with Crippen LogP contribution >= 0.6 is 0 Å². The lowest BCUT2D eigenvalue weighted by atomic mass is 9.71. The van der Waals surface area contributed by atoms with Crippen LogP contribution in [0.4, 0.5) is 0 Å². The van der Waals surface area contributed by atoms with Gasteiger partial charge in [-0.2, -0.15) is 0 Å². The minimum atomic E-state index is -0.926. The van der Waals surface area contributed by atoms with E-state index in [9.17, 15) is 5.02 Å². The van der Waals surface area contributed by atoms with Gasteiger partial charge in [0.25, 0.3) is 0 Å². The van der Waals surface area contributed by atoms with Crippen molar-refractivity contribution in [2.45, 2.75) is 26.2 Å². The molecule has 0 radical (unpaired) electrons. The fourth-order valence-corrected chi connectivity index (χ4v) is 2.64. The third kappa shape index (κ3) is 5.62. The third-order valence-corrected chi connectivity index (χ3v) is 3.95. The van der Waals surface area contributed by atoms with E-state index in [2.05, 4.69) is 42.6 Å². The standard InChI is InChI=1S/C19H27BN4O/c1-13(2)11-19(20(21)25)23-14(3)12-22-15(4)17-10-9-16-7-5-6-8-18(16)24-17/h5-10,13,19,22-23,25H,3-4,11-12,21H2,1-2H3. The minimum absolute atomic E-state index is 0.221. The number of nitrogens with zero attached hydrogens (tertiary/aromatic N) is 1. The van der Waals surface area contributed by atoms with Gasteiger partial charge in [-0.1, -0.05) is 51.3 Å². The topological polar surface area (TPSA) is 83.2 Å². The molecule has 1 atom stereocenters. The number of rotatable bonds is 9. The van der Waals surface area contributed by atoms with Gasteiger partial charge in [-0.05, 0) is 24.5 Å². The predicted octanol–water partition coefficient (Wildman–Crippen LogP) is 2.29. The number of para-hydroxylation sites is 1. The molecule has 5 N–H and O–H groups in total. The van der Waals surface area contributed by atoms with Gasteiger partial charge in [0, 0.05) is 17.0 Å². The summed E-state index contributed by atoms with van der Waals surface area (Å²) in [5.74, 6) is 0.203. The summed E-state index contributed by atoms with van der Waals surface area (Å²) in [6.45, 7) is 12.7. The normalized spacial score (nSPS) is 12.0. The zero-order valence-corrected chi connectivity index (χ0v) is 15.0. The minimum Gasteiger partial charge on any atom is -0.436 e. The molecule has 0 saturated carbocycles. The van der Waals surface area contributed by atoms with E-state index in [0.717, 1.165) is 34.4 Å². The number of pyridine rings is 1. The van der Waals surface area contributed by atoms with E-state index in [1.807, 2.05) is 36.4 Å². The molecule has 6 heteroatoms. The third-order valence-electron chi connectivity index (χ3n) is 3.95. The Morgan fingerprint density at radius 2 is 1.96 bits per heavy atom. The maximum absolute atomic E-state index is 9.69. The Morgan fingerprint density at radius 3 is 2.64 bits per heavy atom. The monoisotopic (exact) mass is 338 g/mol. The molecule has 0 saturated heterocycles. The summed E-state index contributed by atoms with van der Waals surface area (Å²) in [4.78, 5) is 4.61. The van der Waals surface area contributed by atoms with E-state index < -0.39 is 7.05 Å². The molecular formula is C19H27BN4O. The van der Waals surface area contributed by atoms with Gasteiger partial charge in [0.15, 0.2) is 0 Å². The molecule has 0 aliphatic carbocycles. The van der Waals surface area contributed by atoms with Crippen molar-refractivity contribution in [2.24, 2.45) is 11.6 Å². The highest BCUT2D eigenvalue weighted by molar-refractivity contribution is 6.48. The van der Waals surface area contributed by atoms with E-state index in [1.165, 1.54) is 0 Å². The molecule has 0 bridgehead atoms. The average Bonchev–Trinajstić information content (AvgIpc) is 2.58. The SMILES string of the molecule is C=C(CNC(=C)c1ccc2ccccc2n1)NC(CC(C)C)B(N)O. The van der Waals surface area contributed by atoms with Crippen LogP contribution in [-0.2, 0) is 0 Å². The molecule has 0 aliphatic heterocycles. The molecule has 1 aromatic carbocycles. The summed E-state index contributed by atoms with van der Waals surface area (Å²) in [6, 6.07) is 11.9. The van der Waals surface area contributed by atoms with E-state index in [4.69, 9.17) is 5.64 Å². The van der Waals surface area contributed by atoms with E-state index >= 15 is 0 Å². The fourth-order valence-electron chi connectivity index (χ4n) is 2.64. The summed E-state index contributed by atoms with van der Waals surface area (Å²) in [6.07, 6.45) is 0.768. The van der Waals surface area contributed by atoms with E-state index in [-0.39, 0.29) is 5.94 Å². The van der Waals surface area contributed by atoms with Crippen LogP contribution in [0.1, 0.15) is 26.0 Å². The van der Waals surface area contributed by atoms with E-state index in [1.54, 1.807) is 0 Å². The number of hydrogen-bond acceptors (Lipinski definition) is 5. The van der Waals surface area contributed by atoms with E-state index in [0.29, 0.717) is 12.5 Å². The predicted molar refractivity (Wildman–Crippen MR) is 106 cm³/mol. The first-order chi connectivity index (χ1) is 11.9. The molecular weight excluding hydrogens is 311 g/mol. The number of hydrogen-bond donors (Lipinski definition) is 4. The number of aromatic nitrogens is 1. The molecule has 1 aromatic heterocycles. The van der Waals surface area contributed by atoms with Crippen molar-refractivity contribution in [1.29, 1.82) is 0 Å². The largest absolute Gasteiger partial charge is 0.436 e. The maximum atomic E-state index is 9.69. The second-order valence-corrected chi connectivity index (χ2v) is 6.70. The molecule has 0 aliphatic rings. The van der Waals surface area contributed by atoms with Crippen molar-refractivity contribution < 1.29 is 5.02 Å². The Morgan fingerprint density at radius 1 is 1.24 bits per heavy atom. The van der Waals surface area contributed by atoms with Gasteiger partial charge in [0.05, 0.1) is 23.5 Å². The second-order valence-electron chi connectivity index (χ2n) is 6.70. The van der Waals surface area contributed by atoms with Crippen LogP contribution in [0.3, 0.4) is 0 Å². The molecule has 0 amide bonds. The number of nitrogens with one attached hydrogen (secondary N) is 2. The molecule has 0 fully saturated rings. The second kappa shape index (κ2) is 8.69. The van der Waals surface area contributed by atoms with Crippen molar-refractivity contribution in [3.05, 3.63) is 60.9 Å². The quantitative estimate of drug-likeness (QED) is 0.528. The van der Waals surface area contributed by atoms with Crippen LogP contribution in [-0.4, -0.2) is 29.5 Å². The van der Waals surface area contributed by atoms with Gasteiger partial charge in [-0.3, -0.25) is 0 Å². The van der Waals surface area contributed by atoms with Crippen molar-refractivity contribution >= 4 is 23.7 Å². The highest BCUT2D eigenvalue weighted by Crippen LogP contribution is 2.15. The first kappa shape index (κ1) is 19.0. The molecule has 25 heavy (non-hydrogen) atoms. The zero-order valence-electron chi connectivity index (χ0n) is 15.0. The summed E-state index contributed by atoms with van der Waals surface area (Å²) >= 11 is 0. The first-order valence-electron chi connectivity index (χ1n) is 8.53. The highest BCUT2D eigenvalue weighted by atomic mass is 16.2. The number of benzene rings is 1. The molecule has 5 nitrogen and oxygen atoms in total. The molecule has 0 spiro atoms. The van der Waals surface area contributed by atoms with Crippen LogP contribution in [0.25, 0.3) is 16.6 Å². The number of nitrogens with two attached hydrogens (primary N) is 1. The van der Waals surface area contributed by atoms with Crippen LogP contribution in [0, 0.1) is 5.92 Å². The lowest BCUT2D eigenvalue weighted by molar-refractivity contribution is 0.463. The lowest BCUT2D eigenvalue weighted by Crippen LogP contribution is -2.50. The lowest BCUT2D eigenvalue weighted by Gasteiger charge is -2.23. The van der Waals surface area contributed by atoms with Gasteiger partial charge < -0.3 is 21.3 Å². The van der Waals surface area contributed by atoms with Crippen LogP contribution < -0.4 is 16.3 Å². The smallest absolute Gasteiger partial charge is 0.397 e. The van der Waals surface area contributed by atoms with Gasteiger partial charge in [0.1, 0.15) is 0 Å². The molecule has 2 aromatic rings. The van der Waals surface area contributed by atoms with Crippen LogP contribution in [0.2, 0.25) is 0 Å². The Labute approximate surface area is 150 Å². The Hall–Kier alpha value is -2.31. The van der Waals surface area contributed by atoms with Crippen LogP contribution in [0.15, 0.2) is 55.3 Å². The van der Waals surface area contributed by atoms with Crippen LogP contribution in [0.5, 0.6) is 0 Å². The first-order valence-corrected chi connectivity index (χ1v) is 8.53.